The average molecular weight is 408 g/mol. The molecule has 0 atom stereocenters. The predicted molar refractivity (Wildman–Crippen MR) is 118 cm³/mol. The highest BCUT2D eigenvalue weighted by molar-refractivity contribution is 5.64. The highest BCUT2D eigenvalue weighted by atomic mass is 16.3. The smallest absolute Gasteiger partial charge is 0.219 e. The molecular weight excluding hydrogens is 388 g/mol. The fourth-order valence-electron chi connectivity index (χ4n) is 3.64. The van der Waals surface area contributed by atoms with Crippen LogP contribution in [0.25, 0.3) is 16.9 Å². The molecule has 2 N–H and O–H groups in total. The Morgan fingerprint density at radius 2 is 1.39 bits per heavy atom. The molecule has 5 aromatic rings. The van der Waals surface area contributed by atoms with E-state index in [9.17, 15) is 10.2 Å². The van der Waals surface area contributed by atoms with Gasteiger partial charge in [0.15, 0.2) is 5.65 Å². The third-order valence-corrected chi connectivity index (χ3v) is 5.22. The molecule has 0 aliphatic carbocycles. The van der Waals surface area contributed by atoms with Crippen molar-refractivity contribution < 1.29 is 10.2 Å². The summed E-state index contributed by atoms with van der Waals surface area (Å²) in [4.78, 5) is 13.7. The van der Waals surface area contributed by atoms with E-state index < -0.39 is 0 Å². The van der Waals surface area contributed by atoms with Crippen LogP contribution in [0.5, 0.6) is 11.6 Å². The lowest BCUT2D eigenvalue weighted by Gasteiger charge is -2.08. The molecule has 2 aromatic carbocycles. The summed E-state index contributed by atoms with van der Waals surface area (Å²) in [5.74, 6) is 0.294. The first kappa shape index (κ1) is 18.8. The van der Waals surface area contributed by atoms with Gasteiger partial charge in [-0.2, -0.15) is 0 Å². The van der Waals surface area contributed by atoms with Gasteiger partial charge in [-0.05, 0) is 47.5 Å². The van der Waals surface area contributed by atoms with Crippen molar-refractivity contribution in [1.82, 2.24) is 19.4 Å². The second kappa shape index (κ2) is 7.91. The number of nitrogens with zero attached hydrogens (tertiary/aromatic N) is 4. The van der Waals surface area contributed by atoms with E-state index in [-0.39, 0.29) is 11.6 Å². The van der Waals surface area contributed by atoms with Gasteiger partial charge < -0.3 is 10.2 Å². The number of aromatic nitrogens is 4. The van der Waals surface area contributed by atoms with E-state index >= 15 is 0 Å². The molecule has 0 bridgehead atoms. The zero-order chi connectivity index (χ0) is 21.2. The third-order valence-electron chi connectivity index (χ3n) is 5.22. The quantitative estimate of drug-likeness (QED) is 0.451. The van der Waals surface area contributed by atoms with Crippen LogP contribution in [0.3, 0.4) is 0 Å². The maximum atomic E-state index is 11.0. The van der Waals surface area contributed by atoms with Crippen LogP contribution >= 0.6 is 0 Å². The number of fused-ring (bicyclic) bond motifs is 1. The number of imidazole rings is 1. The zero-order valence-corrected chi connectivity index (χ0v) is 16.7. The number of rotatable bonds is 5. The first-order valence-corrected chi connectivity index (χ1v) is 9.99. The minimum atomic E-state index is 0.101. The van der Waals surface area contributed by atoms with E-state index in [1.54, 1.807) is 35.1 Å². The normalized spacial score (nSPS) is 11.1. The minimum absolute atomic E-state index is 0.101. The van der Waals surface area contributed by atoms with Crippen LogP contribution in [0.2, 0.25) is 0 Å². The number of phenols is 1. The van der Waals surface area contributed by atoms with Crippen LogP contribution in [0.15, 0.2) is 85.3 Å². The molecule has 0 aliphatic rings. The van der Waals surface area contributed by atoms with Gasteiger partial charge in [-0.3, -0.25) is 9.38 Å². The molecule has 0 aliphatic heterocycles. The maximum absolute atomic E-state index is 11.0. The maximum Gasteiger partial charge on any atom is 0.219 e. The monoisotopic (exact) mass is 408 g/mol. The predicted octanol–water partition coefficient (Wildman–Crippen LogP) is 4.38. The fraction of sp³-hybridized carbons (Fsp3) is 0.0800. The van der Waals surface area contributed by atoms with Crippen LogP contribution in [0, 0.1) is 0 Å². The van der Waals surface area contributed by atoms with Crippen molar-refractivity contribution in [3.05, 3.63) is 108 Å². The summed E-state index contributed by atoms with van der Waals surface area (Å²) in [7, 11) is 0. The number of benzene rings is 2. The summed E-state index contributed by atoms with van der Waals surface area (Å²) in [6.07, 6.45) is 6.33. The molecule has 0 amide bonds. The van der Waals surface area contributed by atoms with Gasteiger partial charge in [0.2, 0.25) is 5.88 Å². The molecule has 0 saturated heterocycles. The number of pyridine rings is 1. The van der Waals surface area contributed by atoms with Gasteiger partial charge in [-0.25, -0.2) is 9.97 Å². The van der Waals surface area contributed by atoms with Crippen molar-refractivity contribution in [3.63, 3.8) is 0 Å². The molecular formula is C25H20N4O2. The summed E-state index contributed by atoms with van der Waals surface area (Å²) in [6.45, 7) is 0. The second-order valence-corrected chi connectivity index (χ2v) is 7.39. The van der Waals surface area contributed by atoms with Gasteiger partial charge in [0.25, 0.3) is 0 Å². The minimum Gasteiger partial charge on any atom is -0.508 e. The van der Waals surface area contributed by atoms with Gasteiger partial charge in [0.1, 0.15) is 11.4 Å². The first-order valence-electron chi connectivity index (χ1n) is 9.99. The number of aromatic hydroxyl groups is 2. The topological polar surface area (TPSA) is 83.5 Å². The summed E-state index contributed by atoms with van der Waals surface area (Å²) in [6, 6.07) is 20.8. The highest BCUT2D eigenvalue weighted by Crippen LogP contribution is 2.28. The van der Waals surface area contributed by atoms with E-state index in [0.717, 1.165) is 22.4 Å². The lowest BCUT2D eigenvalue weighted by molar-refractivity contribution is 0.442. The van der Waals surface area contributed by atoms with Crippen LogP contribution in [0.1, 0.15) is 22.5 Å². The Hall–Kier alpha value is -4.19. The van der Waals surface area contributed by atoms with Crippen molar-refractivity contribution in [2.75, 3.05) is 0 Å². The van der Waals surface area contributed by atoms with Crippen LogP contribution in [-0.4, -0.2) is 29.6 Å². The van der Waals surface area contributed by atoms with Crippen LogP contribution in [0.4, 0.5) is 0 Å². The summed E-state index contributed by atoms with van der Waals surface area (Å²) >= 11 is 0. The number of hydrogen-bond donors (Lipinski definition) is 2. The molecule has 6 heteroatoms. The van der Waals surface area contributed by atoms with Crippen molar-refractivity contribution in [3.8, 4) is 22.9 Å². The largest absolute Gasteiger partial charge is 0.508 e. The van der Waals surface area contributed by atoms with E-state index in [0.29, 0.717) is 29.9 Å². The highest BCUT2D eigenvalue weighted by Gasteiger charge is 2.18. The Balaban J connectivity index is 1.65. The fourth-order valence-corrected chi connectivity index (χ4v) is 3.64. The summed E-state index contributed by atoms with van der Waals surface area (Å²) in [5, 5.41) is 20.6. The van der Waals surface area contributed by atoms with Crippen LogP contribution < -0.4 is 0 Å². The van der Waals surface area contributed by atoms with Crippen molar-refractivity contribution >= 4 is 5.65 Å². The molecule has 31 heavy (non-hydrogen) atoms. The first-order chi connectivity index (χ1) is 15.2. The average Bonchev–Trinajstić information content (AvgIpc) is 3.11. The van der Waals surface area contributed by atoms with Gasteiger partial charge in [-0.15, -0.1) is 0 Å². The molecule has 0 radical (unpaired) electrons. The molecule has 5 rings (SSSR count). The van der Waals surface area contributed by atoms with E-state index in [1.165, 1.54) is 0 Å². The van der Waals surface area contributed by atoms with Gasteiger partial charge in [0.05, 0.1) is 11.4 Å². The molecule has 0 unspecified atom stereocenters. The van der Waals surface area contributed by atoms with Gasteiger partial charge >= 0.3 is 0 Å². The number of hydrogen-bond acceptors (Lipinski definition) is 5. The van der Waals surface area contributed by atoms with Crippen LogP contribution in [-0.2, 0) is 12.8 Å². The third kappa shape index (κ3) is 3.83. The Morgan fingerprint density at radius 3 is 2.13 bits per heavy atom. The van der Waals surface area contributed by atoms with Gasteiger partial charge in [-0.1, -0.05) is 30.3 Å². The van der Waals surface area contributed by atoms with Gasteiger partial charge in [0, 0.05) is 37.0 Å². The molecule has 0 spiro atoms. The van der Waals surface area contributed by atoms with E-state index in [2.05, 4.69) is 4.98 Å². The molecule has 0 saturated carbocycles. The summed E-state index contributed by atoms with van der Waals surface area (Å²) in [5.41, 5.74) is 5.66. The van der Waals surface area contributed by atoms with E-state index in [1.807, 2.05) is 54.6 Å². The van der Waals surface area contributed by atoms with Crippen molar-refractivity contribution in [2.24, 2.45) is 0 Å². The molecule has 6 nitrogen and oxygen atoms in total. The summed E-state index contributed by atoms with van der Waals surface area (Å²) < 4.78 is 1.70. The lowest BCUT2D eigenvalue weighted by atomic mass is 10.1. The SMILES string of the molecule is Oc1ccc(-c2cn3c(O)c(Cc4ccncc4)nc3c(Cc3ccccc3)n2)cc1. The Bertz CT molecular complexity index is 1330. The standard InChI is InChI=1S/C25H20N4O2/c30-20-8-6-19(7-9-20)23-16-29-24(21(27-23)14-17-4-2-1-3-5-17)28-22(25(29)31)15-18-10-12-26-13-11-18/h1-13,16,30-31H,14-15H2. The molecule has 3 heterocycles. The molecule has 152 valence electrons. The van der Waals surface area contributed by atoms with Crippen molar-refractivity contribution in [2.45, 2.75) is 12.8 Å². The van der Waals surface area contributed by atoms with E-state index in [4.69, 9.17) is 9.97 Å². The zero-order valence-electron chi connectivity index (χ0n) is 16.7. The molecule has 0 fully saturated rings. The second-order valence-electron chi connectivity index (χ2n) is 7.39. The number of phenolic OH excluding ortho intramolecular Hbond substituents is 1. The van der Waals surface area contributed by atoms with Crippen molar-refractivity contribution in [1.29, 1.82) is 0 Å². The Labute approximate surface area is 179 Å². The lowest BCUT2D eigenvalue weighted by Crippen LogP contribution is -2.00. The Kier molecular flexibility index (Phi) is 4.80. The molecule has 3 aromatic heterocycles. The Morgan fingerprint density at radius 1 is 0.710 bits per heavy atom.